The maximum atomic E-state index is 9.74. The molecule has 0 aromatic heterocycles. The van der Waals surface area contributed by atoms with Gasteiger partial charge in [-0.1, -0.05) is 32.0 Å². The van der Waals surface area contributed by atoms with Crippen LogP contribution in [0.15, 0.2) is 24.3 Å². The molecule has 0 saturated heterocycles. The first kappa shape index (κ1) is 11.1. The van der Waals surface area contributed by atoms with E-state index in [1.54, 1.807) is 7.11 Å². The van der Waals surface area contributed by atoms with Crippen molar-refractivity contribution in [3.05, 3.63) is 29.8 Å². The third kappa shape index (κ3) is 2.74. The standard InChI is InChI=1S/C12H18O2/c1-9(2)11(13)8-10-6-4-5-7-12(10)14-3/h4-7,9,11,13H,8H2,1-3H3. The molecule has 0 spiro atoms. The van der Waals surface area contributed by atoms with Crippen molar-refractivity contribution >= 4 is 0 Å². The Morgan fingerprint density at radius 3 is 2.50 bits per heavy atom. The van der Waals surface area contributed by atoms with Crippen LogP contribution in [0.5, 0.6) is 5.75 Å². The van der Waals surface area contributed by atoms with Crippen LogP contribution in [0.1, 0.15) is 19.4 Å². The molecule has 1 unspecified atom stereocenters. The molecule has 0 aliphatic rings. The highest BCUT2D eigenvalue weighted by Gasteiger charge is 2.12. The number of aliphatic hydroxyl groups is 1. The van der Waals surface area contributed by atoms with Crippen LogP contribution >= 0.6 is 0 Å². The lowest BCUT2D eigenvalue weighted by Crippen LogP contribution is -2.17. The zero-order valence-electron chi connectivity index (χ0n) is 9.03. The first-order valence-electron chi connectivity index (χ1n) is 4.95. The minimum atomic E-state index is -0.300. The van der Waals surface area contributed by atoms with Crippen LogP contribution < -0.4 is 4.74 Å². The van der Waals surface area contributed by atoms with Gasteiger partial charge in [-0.2, -0.15) is 0 Å². The largest absolute Gasteiger partial charge is 0.496 e. The third-order valence-electron chi connectivity index (χ3n) is 2.39. The van der Waals surface area contributed by atoms with E-state index < -0.39 is 0 Å². The SMILES string of the molecule is COc1ccccc1CC(O)C(C)C. The van der Waals surface area contributed by atoms with Crippen LogP contribution in [0.4, 0.5) is 0 Å². The van der Waals surface area contributed by atoms with E-state index in [1.165, 1.54) is 0 Å². The van der Waals surface area contributed by atoms with Crippen molar-refractivity contribution in [1.82, 2.24) is 0 Å². The molecule has 14 heavy (non-hydrogen) atoms. The van der Waals surface area contributed by atoms with Crippen molar-refractivity contribution < 1.29 is 9.84 Å². The van der Waals surface area contributed by atoms with Gasteiger partial charge >= 0.3 is 0 Å². The lowest BCUT2D eigenvalue weighted by molar-refractivity contribution is 0.125. The van der Waals surface area contributed by atoms with Gasteiger partial charge in [-0.05, 0) is 17.5 Å². The molecule has 1 aromatic rings. The Hall–Kier alpha value is -1.02. The number of aliphatic hydroxyl groups excluding tert-OH is 1. The van der Waals surface area contributed by atoms with E-state index in [2.05, 4.69) is 0 Å². The maximum absolute atomic E-state index is 9.74. The molecule has 0 radical (unpaired) electrons. The van der Waals surface area contributed by atoms with Crippen LogP contribution in [0, 0.1) is 5.92 Å². The minimum absolute atomic E-state index is 0.278. The molecule has 2 heteroatoms. The second-order valence-corrected chi connectivity index (χ2v) is 3.83. The van der Waals surface area contributed by atoms with Gasteiger partial charge in [0.25, 0.3) is 0 Å². The molecular formula is C12H18O2. The third-order valence-corrected chi connectivity index (χ3v) is 2.39. The zero-order chi connectivity index (χ0) is 10.6. The number of ether oxygens (including phenoxy) is 1. The quantitative estimate of drug-likeness (QED) is 0.796. The smallest absolute Gasteiger partial charge is 0.122 e. The van der Waals surface area contributed by atoms with Crippen molar-refractivity contribution in [1.29, 1.82) is 0 Å². The Balaban J connectivity index is 2.75. The lowest BCUT2D eigenvalue weighted by atomic mass is 9.99. The van der Waals surface area contributed by atoms with E-state index in [-0.39, 0.29) is 12.0 Å². The second kappa shape index (κ2) is 5.01. The Bertz CT molecular complexity index is 281. The van der Waals surface area contributed by atoms with Gasteiger partial charge in [0.2, 0.25) is 0 Å². The molecule has 2 nitrogen and oxygen atoms in total. The van der Waals surface area contributed by atoms with Crippen LogP contribution in [0.3, 0.4) is 0 Å². The number of hydrogen-bond donors (Lipinski definition) is 1. The van der Waals surface area contributed by atoms with Gasteiger partial charge in [-0.15, -0.1) is 0 Å². The number of rotatable bonds is 4. The van der Waals surface area contributed by atoms with Gasteiger partial charge in [0.05, 0.1) is 13.2 Å². The molecule has 0 saturated carbocycles. The van der Waals surface area contributed by atoms with Gasteiger partial charge in [-0.25, -0.2) is 0 Å². The van der Waals surface area contributed by atoms with Crippen molar-refractivity contribution in [2.24, 2.45) is 5.92 Å². The summed E-state index contributed by atoms with van der Waals surface area (Å²) >= 11 is 0. The van der Waals surface area contributed by atoms with Crippen molar-refractivity contribution in [2.75, 3.05) is 7.11 Å². The summed E-state index contributed by atoms with van der Waals surface area (Å²) in [6.07, 6.45) is 0.355. The van der Waals surface area contributed by atoms with Gasteiger partial charge < -0.3 is 9.84 Å². The molecule has 1 aromatic carbocycles. The summed E-state index contributed by atoms with van der Waals surface area (Å²) in [5.41, 5.74) is 1.07. The summed E-state index contributed by atoms with van der Waals surface area (Å²) in [7, 11) is 1.65. The average Bonchev–Trinajstić information content (AvgIpc) is 2.18. The minimum Gasteiger partial charge on any atom is -0.496 e. The lowest BCUT2D eigenvalue weighted by Gasteiger charge is -2.16. The van der Waals surface area contributed by atoms with Crippen LogP contribution in [0.2, 0.25) is 0 Å². The van der Waals surface area contributed by atoms with E-state index >= 15 is 0 Å². The summed E-state index contributed by atoms with van der Waals surface area (Å²) in [6, 6.07) is 7.81. The fraction of sp³-hybridized carbons (Fsp3) is 0.500. The fourth-order valence-electron chi connectivity index (χ4n) is 1.33. The highest BCUT2D eigenvalue weighted by Crippen LogP contribution is 2.20. The molecular weight excluding hydrogens is 176 g/mol. The Morgan fingerprint density at radius 1 is 1.29 bits per heavy atom. The molecule has 0 bridgehead atoms. The molecule has 0 aliphatic heterocycles. The van der Waals surface area contributed by atoms with E-state index in [4.69, 9.17) is 4.74 Å². The Kier molecular flexibility index (Phi) is 3.96. The zero-order valence-corrected chi connectivity index (χ0v) is 9.03. The first-order valence-corrected chi connectivity index (χ1v) is 4.95. The predicted molar refractivity (Wildman–Crippen MR) is 57.5 cm³/mol. The van der Waals surface area contributed by atoms with E-state index in [0.29, 0.717) is 6.42 Å². The van der Waals surface area contributed by atoms with Gasteiger partial charge in [-0.3, -0.25) is 0 Å². The van der Waals surface area contributed by atoms with Crippen LogP contribution in [-0.4, -0.2) is 18.3 Å². The van der Waals surface area contributed by atoms with Crippen molar-refractivity contribution in [3.8, 4) is 5.75 Å². The Morgan fingerprint density at radius 2 is 1.93 bits per heavy atom. The number of benzene rings is 1. The van der Waals surface area contributed by atoms with Gasteiger partial charge in [0, 0.05) is 6.42 Å². The summed E-state index contributed by atoms with van der Waals surface area (Å²) < 4.78 is 5.21. The van der Waals surface area contributed by atoms with E-state index in [0.717, 1.165) is 11.3 Å². The molecule has 1 atom stereocenters. The molecule has 0 amide bonds. The molecule has 0 fully saturated rings. The number of hydrogen-bond acceptors (Lipinski definition) is 2. The van der Waals surface area contributed by atoms with Crippen molar-refractivity contribution in [3.63, 3.8) is 0 Å². The van der Waals surface area contributed by atoms with Crippen LogP contribution in [-0.2, 0) is 6.42 Å². The van der Waals surface area contributed by atoms with E-state index in [9.17, 15) is 5.11 Å². The first-order chi connectivity index (χ1) is 6.65. The molecule has 0 aliphatic carbocycles. The highest BCUT2D eigenvalue weighted by molar-refractivity contribution is 5.33. The molecule has 1 N–H and O–H groups in total. The topological polar surface area (TPSA) is 29.5 Å². The number of para-hydroxylation sites is 1. The predicted octanol–water partition coefficient (Wildman–Crippen LogP) is 2.25. The van der Waals surface area contributed by atoms with Crippen LogP contribution in [0.25, 0.3) is 0 Å². The van der Waals surface area contributed by atoms with Gasteiger partial charge in [0.15, 0.2) is 0 Å². The Labute approximate surface area is 85.5 Å². The molecule has 1 rings (SSSR count). The maximum Gasteiger partial charge on any atom is 0.122 e. The second-order valence-electron chi connectivity index (χ2n) is 3.83. The van der Waals surface area contributed by atoms with Gasteiger partial charge in [0.1, 0.15) is 5.75 Å². The number of methoxy groups -OCH3 is 1. The summed E-state index contributed by atoms with van der Waals surface area (Å²) in [5, 5.41) is 9.74. The summed E-state index contributed by atoms with van der Waals surface area (Å²) in [5.74, 6) is 1.13. The summed E-state index contributed by atoms with van der Waals surface area (Å²) in [4.78, 5) is 0. The summed E-state index contributed by atoms with van der Waals surface area (Å²) in [6.45, 7) is 4.03. The normalized spacial score (nSPS) is 12.9. The fourth-order valence-corrected chi connectivity index (χ4v) is 1.33. The highest BCUT2D eigenvalue weighted by atomic mass is 16.5. The monoisotopic (exact) mass is 194 g/mol. The average molecular weight is 194 g/mol. The molecule has 0 heterocycles. The molecule has 78 valence electrons. The van der Waals surface area contributed by atoms with E-state index in [1.807, 2.05) is 38.1 Å². The van der Waals surface area contributed by atoms with Crippen molar-refractivity contribution in [2.45, 2.75) is 26.4 Å².